The lowest BCUT2D eigenvalue weighted by Gasteiger charge is -2.59. The molecule has 0 radical (unpaired) electrons. The molecule has 6 rings (SSSR count). The molecule has 0 aromatic heterocycles. The molecule has 4 bridgehead atoms. The molecule has 10 nitrogen and oxygen atoms in total. The van der Waals surface area contributed by atoms with E-state index >= 15 is 0 Å². The van der Waals surface area contributed by atoms with E-state index in [0.717, 1.165) is 50.0 Å². The van der Waals surface area contributed by atoms with E-state index in [1.165, 1.54) is 6.42 Å². The molecule has 0 spiro atoms. The van der Waals surface area contributed by atoms with E-state index in [0.29, 0.717) is 44.3 Å². The van der Waals surface area contributed by atoms with Gasteiger partial charge in [0, 0.05) is 18.6 Å². The molecule has 0 amide bonds. The van der Waals surface area contributed by atoms with Crippen LogP contribution in [-0.2, 0) is 42.9 Å². The van der Waals surface area contributed by atoms with Crippen LogP contribution in [0.15, 0.2) is 0 Å². The van der Waals surface area contributed by atoms with Crippen LogP contribution in [0.2, 0.25) is 0 Å². The van der Waals surface area contributed by atoms with Crippen molar-refractivity contribution in [2.24, 2.45) is 28.1 Å². The summed E-state index contributed by atoms with van der Waals surface area (Å²) in [5.74, 6) is 1.87. The standard InChI is InChI=1S/C16H26O3.C10H16O4.C10H18O3S/c1-4-14(2,3)13(17)19-16-8-11-5-12(9-16)7-15(18,6-11)10-16;1-4-10(2,3)9(12)14-7-5-6-13-8(7)11;1-4-10(2,3)9(11)13-8-7-14-6-5-12-8/h11-12,18H,4-10H2,1-3H3;7H,4-6H2,1-3H3;8H,4-7H2,1-3H3. The van der Waals surface area contributed by atoms with Crippen LogP contribution in [-0.4, -0.2) is 77.3 Å². The van der Waals surface area contributed by atoms with Crippen LogP contribution in [0.1, 0.15) is 127 Å². The second-order valence-electron chi connectivity index (χ2n) is 16.1. The summed E-state index contributed by atoms with van der Waals surface area (Å²) in [6, 6.07) is 0. The Morgan fingerprint density at radius 1 is 0.830 bits per heavy atom. The van der Waals surface area contributed by atoms with Crippen LogP contribution in [0.4, 0.5) is 0 Å². The summed E-state index contributed by atoms with van der Waals surface area (Å²) in [5, 5.41) is 10.6. The summed E-state index contributed by atoms with van der Waals surface area (Å²) in [6.07, 6.45) is 7.37. The molecule has 0 aromatic rings. The number of rotatable bonds is 9. The van der Waals surface area contributed by atoms with Crippen LogP contribution < -0.4 is 0 Å². The van der Waals surface area contributed by atoms with Gasteiger partial charge < -0.3 is 28.8 Å². The Morgan fingerprint density at radius 2 is 1.36 bits per heavy atom. The SMILES string of the molecule is CCC(C)(C)C(=O)OC12CC3CC(CC(O)(C3)C1)C2.CCC(C)(C)C(=O)OC1CCOC1=O.CCC(C)(C)C(=O)OC1CSCCO1. The molecule has 2 heterocycles. The fourth-order valence-electron chi connectivity index (χ4n) is 6.70. The quantitative estimate of drug-likeness (QED) is 0.214. The molecule has 0 aromatic carbocycles. The van der Waals surface area contributed by atoms with Gasteiger partial charge in [-0.1, -0.05) is 20.8 Å². The van der Waals surface area contributed by atoms with Gasteiger partial charge in [-0.15, -0.1) is 0 Å². The van der Waals surface area contributed by atoms with Crippen LogP contribution in [0, 0.1) is 28.1 Å². The van der Waals surface area contributed by atoms with Crippen molar-refractivity contribution in [3.05, 3.63) is 0 Å². The molecule has 2 saturated heterocycles. The van der Waals surface area contributed by atoms with E-state index in [2.05, 4.69) is 0 Å². The van der Waals surface area contributed by atoms with Crippen molar-refractivity contribution in [2.45, 2.75) is 150 Å². The topological polar surface area (TPSA) is 135 Å². The molecule has 270 valence electrons. The summed E-state index contributed by atoms with van der Waals surface area (Å²) < 4.78 is 26.3. The maximum atomic E-state index is 12.4. The fraction of sp³-hybridized carbons (Fsp3) is 0.889. The second-order valence-corrected chi connectivity index (χ2v) is 17.3. The average molecular weight is 685 g/mol. The van der Waals surface area contributed by atoms with Gasteiger partial charge in [0.25, 0.3) is 0 Å². The largest absolute Gasteiger partial charge is 0.463 e. The molecule has 6 fully saturated rings. The number of aliphatic hydroxyl groups is 1. The molecule has 11 heteroatoms. The average Bonchev–Trinajstić information content (AvgIpc) is 3.40. The van der Waals surface area contributed by atoms with Gasteiger partial charge in [0.15, 0.2) is 0 Å². The van der Waals surface area contributed by atoms with Gasteiger partial charge in [-0.25, -0.2) is 4.79 Å². The summed E-state index contributed by atoms with van der Waals surface area (Å²) in [4.78, 5) is 46.6. The van der Waals surface area contributed by atoms with Gasteiger partial charge >= 0.3 is 23.9 Å². The molecule has 4 aliphatic carbocycles. The number of esters is 4. The molecule has 2 aliphatic heterocycles. The van der Waals surface area contributed by atoms with Gasteiger partial charge in [0.1, 0.15) is 5.60 Å². The van der Waals surface area contributed by atoms with Crippen molar-refractivity contribution in [2.75, 3.05) is 24.7 Å². The Kier molecular flexibility index (Phi) is 13.3. The van der Waals surface area contributed by atoms with Crippen LogP contribution in [0.5, 0.6) is 0 Å². The Bertz CT molecular complexity index is 1100. The number of carbonyl (C=O) groups is 4. The summed E-state index contributed by atoms with van der Waals surface area (Å²) in [7, 11) is 0. The molecule has 4 unspecified atom stereocenters. The van der Waals surface area contributed by atoms with Crippen molar-refractivity contribution in [3.8, 4) is 0 Å². The van der Waals surface area contributed by atoms with E-state index < -0.39 is 33.9 Å². The zero-order chi connectivity index (χ0) is 35.3. The zero-order valence-electron chi connectivity index (χ0n) is 30.2. The Labute approximate surface area is 286 Å². The van der Waals surface area contributed by atoms with Crippen LogP contribution in [0.3, 0.4) is 0 Å². The number of cyclic esters (lactones) is 1. The zero-order valence-corrected chi connectivity index (χ0v) is 31.1. The van der Waals surface area contributed by atoms with Gasteiger partial charge in [0.2, 0.25) is 12.4 Å². The number of thioether (sulfide) groups is 1. The van der Waals surface area contributed by atoms with Crippen LogP contribution in [0.25, 0.3) is 0 Å². The Morgan fingerprint density at radius 3 is 1.81 bits per heavy atom. The van der Waals surface area contributed by atoms with Crippen molar-refractivity contribution in [3.63, 3.8) is 0 Å². The molecular formula is C36H60O10S. The van der Waals surface area contributed by atoms with Gasteiger partial charge in [-0.05, 0) is 105 Å². The molecule has 6 aliphatic rings. The predicted octanol–water partition coefficient (Wildman–Crippen LogP) is 6.39. The van der Waals surface area contributed by atoms with Crippen molar-refractivity contribution < 1.29 is 48.0 Å². The highest BCUT2D eigenvalue weighted by Crippen LogP contribution is 2.59. The van der Waals surface area contributed by atoms with Crippen LogP contribution >= 0.6 is 11.8 Å². The van der Waals surface area contributed by atoms with Gasteiger partial charge in [0.05, 0.1) is 40.8 Å². The minimum absolute atomic E-state index is 0.0828. The lowest BCUT2D eigenvalue weighted by atomic mass is 9.52. The second kappa shape index (κ2) is 15.8. The molecule has 1 N–H and O–H groups in total. The Hall–Kier alpha value is -1.85. The molecule has 47 heavy (non-hydrogen) atoms. The molecule has 4 saturated carbocycles. The monoisotopic (exact) mass is 684 g/mol. The molecular weight excluding hydrogens is 624 g/mol. The van der Waals surface area contributed by atoms with E-state index in [4.69, 9.17) is 23.7 Å². The summed E-state index contributed by atoms with van der Waals surface area (Å²) >= 11 is 1.76. The first kappa shape index (κ1) is 39.6. The fourth-order valence-corrected chi connectivity index (χ4v) is 7.44. The number of ether oxygens (including phenoxy) is 5. The van der Waals surface area contributed by atoms with Gasteiger partial charge in [-0.3, -0.25) is 14.4 Å². The van der Waals surface area contributed by atoms with Gasteiger partial charge in [-0.2, -0.15) is 11.8 Å². The van der Waals surface area contributed by atoms with Crippen molar-refractivity contribution in [1.29, 1.82) is 0 Å². The maximum absolute atomic E-state index is 12.4. The number of hydrogen-bond acceptors (Lipinski definition) is 11. The highest BCUT2D eigenvalue weighted by Gasteiger charge is 2.59. The first-order chi connectivity index (χ1) is 21.8. The third-order valence-electron chi connectivity index (χ3n) is 10.8. The summed E-state index contributed by atoms with van der Waals surface area (Å²) in [5.41, 5.74) is -2.25. The van der Waals surface area contributed by atoms with E-state index in [1.54, 1.807) is 25.6 Å². The van der Waals surface area contributed by atoms with Crippen molar-refractivity contribution in [1.82, 2.24) is 0 Å². The first-order valence-corrected chi connectivity index (χ1v) is 18.7. The highest BCUT2D eigenvalue weighted by molar-refractivity contribution is 7.99. The predicted molar refractivity (Wildman–Crippen MR) is 179 cm³/mol. The number of hydrogen-bond donors (Lipinski definition) is 1. The normalized spacial score (nSPS) is 31.4. The van der Waals surface area contributed by atoms with E-state index in [1.807, 2.05) is 48.5 Å². The Balaban J connectivity index is 0.000000196. The maximum Gasteiger partial charge on any atom is 0.347 e. The number of carbonyl (C=O) groups excluding carboxylic acids is 4. The first-order valence-electron chi connectivity index (χ1n) is 17.5. The lowest BCUT2D eigenvalue weighted by Crippen LogP contribution is -2.61. The minimum atomic E-state index is -0.687. The lowest BCUT2D eigenvalue weighted by molar-refractivity contribution is -0.225. The van der Waals surface area contributed by atoms with E-state index in [-0.39, 0.29) is 29.8 Å². The third-order valence-corrected chi connectivity index (χ3v) is 11.7. The minimum Gasteiger partial charge on any atom is -0.463 e. The van der Waals surface area contributed by atoms with Crippen molar-refractivity contribution >= 4 is 35.6 Å². The van der Waals surface area contributed by atoms with E-state index in [9.17, 15) is 24.3 Å². The molecule has 4 atom stereocenters. The smallest absolute Gasteiger partial charge is 0.347 e. The highest BCUT2D eigenvalue weighted by atomic mass is 32.2. The third kappa shape index (κ3) is 10.6. The summed E-state index contributed by atoms with van der Waals surface area (Å²) in [6.45, 7) is 18.2.